The number of amides is 1. The van der Waals surface area contributed by atoms with Crippen LogP contribution in [0.4, 0.5) is 0 Å². The summed E-state index contributed by atoms with van der Waals surface area (Å²) in [4.78, 5) is 21.2. The maximum Gasteiger partial charge on any atom is 0.248 e. The molecule has 0 aliphatic carbocycles. The number of carbonyl (C=O) groups excluding carboxylic acids is 1. The Hall–Kier alpha value is -2.46. The molecule has 32 heavy (non-hydrogen) atoms. The predicted molar refractivity (Wildman–Crippen MR) is 122 cm³/mol. The van der Waals surface area contributed by atoms with Crippen LogP contribution in [0.15, 0.2) is 29.8 Å². The fourth-order valence-corrected chi connectivity index (χ4v) is 6.11. The van der Waals surface area contributed by atoms with Crippen molar-refractivity contribution < 1.29 is 19.4 Å². The number of methoxy groups -OCH3 is 2. The molecule has 1 fully saturated rings. The number of hydrogen-bond donors (Lipinski definition) is 1. The molecule has 0 bridgehead atoms. The van der Waals surface area contributed by atoms with E-state index in [0.29, 0.717) is 19.6 Å². The monoisotopic (exact) mass is 456 g/mol. The van der Waals surface area contributed by atoms with Crippen molar-refractivity contribution in [3.05, 3.63) is 46.0 Å². The van der Waals surface area contributed by atoms with E-state index in [4.69, 9.17) is 9.47 Å². The number of rotatable bonds is 6. The van der Waals surface area contributed by atoms with Crippen molar-refractivity contribution in [2.24, 2.45) is 7.05 Å². The topological polar surface area (TPSA) is 80.1 Å². The van der Waals surface area contributed by atoms with Gasteiger partial charge in [-0.05, 0) is 17.7 Å². The van der Waals surface area contributed by atoms with Gasteiger partial charge in [-0.2, -0.15) is 0 Å². The highest BCUT2D eigenvalue weighted by Gasteiger charge is 2.54. The number of aryl methyl sites for hydroxylation is 1. The number of hydrogen-bond acceptors (Lipinski definition) is 7. The first-order valence-electron chi connectivity index (χ1n) is 10.7. The van der Waals surface area contributed by atoms with Gasteiger partial charge in [0.05, 0.1) is 31.8 Å². The van der Waals surface area contributed by atoms with Gasteiger partial charge in [-0.1, -0.05) is 0 Å². The number of fused-ring (bicyclic) bond motifs is 4. The third-order valence-electron chi connectivity index (χ3n) is 6.85. The average molecular weight is 457 g/mol. The van der Waals surface area contributed by atoms with E-state index >= 15 is 0 Å². The summed E-state index contributed by atoms with van der Waals surface area (Å²) < 4.78 is 12.7. The van der Waals surface area contributed by atoms with E-state index in [0.717, 1.165) is 33.9 Å². The van der Waals surface area contributed by atoms with Gasteiger partial charge in [0.25, 0.3) is 0 Å². The predicted octanol–water partition coefficient (Wildman–Crippen LogP) is 1.92. The molecule has 1 atom stereocenters. The van der Waals surface area contributed by atoms with Gasteiger partial charge < -0.3 is 24.0 Å². The van der Waals surface area contributed by atoms with Crippen LogP contribution in [-0.4, -0.2) is 77.4 Å². The molecule has 2 aromatic heterocycles. The third kappa shape index (κ3) is 3.23. The van der Waals surface area contributed by atoms with Gasteiger partial charge >= 0.3 is 0 Å². The minimum absolute atomic E-state index is 0.0114. The van der Waals surface area contributed by atoms with Gasteiger partial charge in [-0.15, -0.1) is 11.3 Å². The summed E-state index contributed by atoms with van der Waals surface area (Å²) in [6.45, 7) is 2.81. The van der Waals surface area contributed by atoms with E-state index < -0.39 is 0 Å². The van der Waals surface area contributed by atoms with Gasteiger partial charge in [-0.3, -0.25) is 9.69 Å². The lowest BCUT2D eigenvalue weighted by molar-refractivity contribution is -0.144. The number of nitrogens with zero attached hydrogens (tertiary/aromatic N) is 4. The zero-order chi connectivity index (χ0) is 22.5. The van der Waals surface area contributed by atoms with Crippen LogP contribution < -0.4 is 4.74 Å². The van der Waals surface area contributed by atoms with Gasteiger partial charge in [0.15, 0.2) is 0 Å². The largest absolute Gasteiger partial charge is 0.497 e. The Kier molecular flexibility index (Phi) is 5.45. The number of aliphatic hydroxyl groups is 1. The fraction of sp³-hybridized carbons (Fsp3) is 0.478. The van der Waals surface area contributed by atoms with Crippen LogP contribution in [0.1, 0.15) is 22.3 Å². The van der Waals surface area contributed by atoms with Crippen molar-refractivity contribution in [2.45, 2.75) is 18.0 Å². The van der Waals surface area contributed by atoms with Crippen LogP contribution in [0.25, 0.3) is 10.9 Å². The van der Waals surface area contributed by atoms with Gasteiger partial charge in [-0.25, -0.2) is 4.98 Å². The van der Waals surface area contributed by atoms with Gasteiger partial charge in [0.2, 0.25) is 5.91 Å². The number of aliphatic hydroxyl groups excluding tert-OH is 1. The first-order valence-corrected chi connectivity index (χ1v) is 11.6. The first-order chi connectivity index (χ1) is 15.5. The molecule has 1 aromatic carbocycles. The molecule has 1 amide bonds. The standard InChI is InChI=1S/C23H28N4O4S/c1-25-17-8-15(31-3)4-5-16(17)21-22(25)18(10-28)26(9-19-24-6-7-32-19)12-23(21)13-27(14-23)20(29)11-30-2/h4-8,18,28H,9-14H2,1-3H3/t18-/m1/s1. The van der Waals surface area contributed by atoms with E-state index in [2.05, 4.69) is 27.6 Å². The Morgan fingerprint density at radius 3 is 2.78 bits per heavy atom. The van der Waals surface area contributed by atoms with Crippen molar-refractivity contribution in [3.63, 3.8) is 0 Å². The molecule has 9 heteroatoms. The molecule has 1 saturated heterocycles. The molecule has 8 nitrogen and oxygen atoms in total. The second kappa shape index (κ2) is 8.15. The Labute approximate surface area is 191 Å². The van der Waals surface area contributed by atoms with Crippen LogP contribution in [0.2, 0.25) is 0 Å². The molecule has 5 rings (SSSR count). The summed E-state index contributed by atoms with van der Waals surface area (Å²) in [5.74, 6) is 0.813. The Morgan fingerprint density at radius 1 is 1.31 bits per heavy atom. The zero-order valence-corrected chi connectivity index (χ0v) is 19.4. The van der Waals surface area contributed by atoms with E-state index in [1.54, 1.807) is 25.6 Å². The van der Waals surface area contributed by atoms with Crippen molar-refractivity contribution >= 4 is 28.1 Å². The van der Waals surface area contributed by atoms with Gasteiger partial charge in [0.1, 0.15) is 17.4 Å². The summed E-state index contributed by atoms with van der Waals surface area (Å²) in [5, 5.41) is 14.6. The van der Waals surface area contributed by atoms with Crippen molar-refractivity contribution in [2.75, 3.05) is 47.1 Å². The van der Waals surface area contributed by atoms with E-state index in [1.165, 1.54) is 5.56 Å². The average Bonchev–Trinajstić information content (AvgIpc) is 3.38. The molecule has 0 saturated carbocycles. The Balaban J connectivity index is 1.63. The smallest absolute Gasteiger partial charge is 0.248 e. The van der Waals surface area contributed by atoms with Gasteiger partial charge in [0, 0.05) is 67.9 Å². The summed E-state index contributed by atoms with van der Waals surface area (Å²) in [7, 11) is 5.27. The number of thiazole rings is 1. The SMILES string of the molecule is COCC(=O)N1CC2(C1)CN(Cc1nccs1)[C@H](CO)c1c2c2ccc(OC)cc2n1C. The molecule has 4 heterocycles. The lowest BCUT2D eigenvalue weighted by atomic mass is 9.68. The second-order valence-electron chi connectivity index (χ2n) is 8.69. The van der Waals surface area contributed by atoms with Crippen LogP contribution in [0, 0.1) is 0 Å². The van der Waals surface area contributed by atoms with Crippen LogP contribution >= 0.6 is 11.3 Å². The Bertz CT molecular complexity index is 1140. The molecule has 2 aliphatic rings. The van der Waals surface area contributed by atoms with E-state index in [1.807, 2.05) is 28.6 Å². The van der Waals surface area contributed by atoms with E-state index in [9.17, 15) is 9.90 Å². The zero-order valence-electron chi connectivity index (χ0n) is 18.6. The van der Waals surface area contributed by atoms with Crippen LogP contribution in [-0.2, 0) is 28.5 Å². The summed E-state index contributed by atoms with van der Waals surface area (Å²) >= 11 is 1.62. The molecular weight excluding hydrogens is 428 g/mol. The minimum Gasteiger partial charge on any atom is -0.497 e. The van der Waals surface area contributed by atoms with E-state index in [-0.39, 0.29) is 30.6 Å². The fourth-order valence-electron chi connectivity index (χ4n) is 5.47. The quantitative estimate of drug-likeness (QED) is 0.611. The molecule has 3 aromatic rings. The lowest BCUT2D eigenvalue weighted by Crippen LogP contribution is -2.68. The second-order valence-corrected chi connectivity index (χ2v) is 9.67. The summed E-state index contributed by atoms with van der Waals surface area (Å²) in [6.07, 6.45) is 1.82. The van der Waals surface area contributed by atoms with Crippen molar-refractivity contribution in [1.29, 1.82) is 0 Å². The number of benzene rings is 1. The summed E-state index contributed by atoms with van der Waals surface area (Å²) in [6, 6.07) is 6.00. The molecule has 170 valence electrons. The molecule has 0 radical (unpaired) electrons. The lowest BCUT2D eigenvalue weighted by Gasteiger charge is -2.56. The van der Waals surface area contributed by atoms with Crippen LogP contribution in [0.5, 0.6) is 5.75 Å². The number of aromatic nitrogens is 2. The van der Waals surface area contributed by atoms with Crippen LogP contribution in [0.3, 0.4) is 0 Å². The normalized spacial score (nSPS) is 19.9. The van der Waals surface area contributed by atoms with Crippen molar-refractivity contribution in [3.8, 4) is 5.75 Å². The molecule has 1 N–H and O–H groups in total. The maximum atomic E-state index is 12.5. The minimum atomic E-state index is -0.199. The summed E-state index contributed by atoms with van der Waals surface area (Å²) in [5.41, 5.74) is 3.23. The molecular formula is C23H28N4O4S. The third-order valence-corrected chi connectivity index (χ3v) is 7.61. The molecule has 0 unspecified atom stereocenters. The van der Waals surface area contributed by atoms with Crippen molar-refractivity contribution in [1.82, 2.24) is 19.4 Å². The Morgan fingerprint density at radius 2 is 2.12 bits per heavy atom. The number of likely N-dealkylation sites (tertiary alicyclic amines) is 1. The first kappa shape index (κ1) is 21.4. The number of carbonyl (C=O) groups is 1. The molecule has 2 aliphatic heterocycles. The highest BCUT2D eigenvalue weighted by atomic mass is 32.1. The highest BCUT2D eigenvalue weighted by Crippen LogP contribution is 2.50. The maximum absolute atomic E-state index is 12.5. The molecule has 1 spiro atoms. The highest BCUT2D eigenvalue weighted by molar-refractivity contribution is 7.09. The number of ether oxygens (including phenoxy) is 2.